The molecular weight excluding hydrogens is 208 g/mol. The minimum atomic E-state index is -0.986. The highest BCUT2D eigenvalue weighted by molar-refractivity contribution is 5.80. The number of carboxylic acid groups (broad SMARTS) is 1. The first-order valence-corrected chi connectivity index (χ1v) is 5.56. The molecule has 1 atom stereocenters. The van der Waals surface area contributed by atoms with Gasteiger partial charge in [-0.05, 0) is 27.2 Å². The minimum Gasteiger partial charge on any atom is -0.480 e. The number of aliphatic carboxylic acids is 1. The van der Waals surface area contributed by atoms with Crippen LogP contribution in [0.25, 0.3) is 0 Å². The van der Waals surface area contributed by atoms with Gasteiger partial charge in [-0.3, -0.25) is 4.79 Å². The summed E-state index contributed by atoms with van der Waals surface area (Å²) < 4.78 is 0. The maximum atomic E-state index is 12.0. The van der Waals surface area contributed by atoms with Gasteiger partial charge in [0.1, 0.15) is 6.54 Å². The molecule has 1 unspecified atom stereocenters. The lowest BCUT2D eigenvalue weighted by Crippen LogP contribution is -2.49. The van der Waals surface area contributed by atoms with Gasteiger partial charge >= 0.3 is 12.0 Å². The summed E-state index contributed by atoms with van der Waals surface area (Å²) in [5.41, 5.74) is 0. The second-order valence-electron chi connectivity index (χ2n) is 4.27. The van der Waals surface area contributed by atoms with E-state index in [1.807, 2.05) is 27.7 Å². The molecule has 0 saturated carbocycles. The van der Waals surface area contributed by atoms with E-state index in [0.717, 1.165) is 6.42 Å². The van der Waals surface area contributed by atoms with Crippen LogP contribution >= 0.6 is 0 Å². The van der Waals surface area contributed by atoms with Gasteiger partial charge in [0.25, 0.3) is 0 Å². The number of hydrogen-bond donors (Lipinski definition) is 1. The summed E-state index contributed by atoms with van der Waals surface area (Å²) in [5, 5.41) is 8.75. The smallest absolute Gasteiger partial charge is 0.323 e. The van der Waals surface area contributed by atoms with E-state index in [1.54, 1.807) is 11.9 Å². The molecule has 0 radical (unpaired) electrons. The average Bonchev–Trinajstić information content (AvgIpc) is 2.22. The third-order valence-corrected chi connectivity index (χ3v) is 2.73. The van der Waals surface area contributed by atoms with Crippen molar-refractivity contribution >= 4 is 12.0 Å². The summed E-state index contributed by atoms with van der Waals surface area (Å²) in [6.07, 6.45) is 0.848. The van der Waals surface area contributed by atoms with Crippen LogP contribution in [0.15, 0.2) is 0 Å². The molecule has 5 nitrogen and oxygen atoms in total. The van der Waals surface area contributed by atoms with Crippen molar-refractivity contribution < 1.29 is 14.7 Å². The summed E-state index contributed by atoms with van der Waals surface area (Å²) in [6, 6.07) is -0.232. The van der Waals surface area contributed by atoms with E-state index >= 15 is 0 Å². The van der Waals surface area contributed by atoms with Crippen LogP contribution in [0.3, 0.4) is 0 Å². The lowest BCUT2D eigenvalue weighted by atomic mass is 10.2. The molecule has 1 N–H and O–H groups in total. The Morgan fingerprint density at radius 1 is 1.25 bits per heavy atom. The number of carbonyl (C=O) groups excluding carboxylic acids is 1. The minimum absolute atomic E-state index is 0.113. The molecule has 0 saturated heterocycles. The highest BCUT2D eigenvalue weighted by atomic mass is 16.4. The van der Waals surface area contributed by atoms with E-state index in [9.17, 15) is 9.59 Å². The molecule has 0 rings (SSSR count). The van der Waals surface area contributed by atoms with Gasteiger partial charge in [-0.1, -0.05) is 6.92 Å². The molecule has 0 fully saturated rings. The van der Waals surface area contributed by atoms with Crippen LogP contribution in [0.2, 0.25) is 0 Å². The largest absolute Gasteiger partial charge is 0.480 e. The molecule has 0 aliphatic heterocycles. The zero-order valence-electron chi connectivity index (χ0n) is 10.7. The van der Waals surface area contributed by atoms with Crippen LogP contribution in [0.1, 0.15) is 34.1 Å². The first-order chi connectivity index (χ1) is 7.31. The summed E-state index contributed by atoms with van der Waals surface area (Å²) in [6.45, 7) is 7.30. The highest BCUT2D eigenvalue weighted by Gasteiger charge is 2.24. The molecule has 0 spiro atoms. The van der Waals surface area contributed by atoms with Crippen LogP contribution < -0.4 is 0 Å². The molecular formula is C11H22N2O3. The van der Waals surface area contributed by atoms with Crippen molar-refractivity contribution in [3.8, 4) is 0 Å². The highest BCUT2D eigenvalue weighted by Crippen LogP contribution is 2.08. The normalized spacial score (nSPS) is 12.4. The Morgan fingerprint density at radius 3 is 2.06 bits per heavy atom. The van der Waals surface area contributed by atoms with Gasteiger partial charge in [0.2, 0.25) is 0 Å². The fourth-order valence-electron chi connectivity index (χ4n) is 1.28. The van der Waals surface area contributed by atoms with Crippen molar-refractivity contribution in [1.82, 2.24) is 9.80 Å². The first-order valence-electron chi connectivity index (χ1n) is 5.56. The lowest BCUT2D eigenvalue weighted by Gasteiger charge is -2.33. The van der Waals surface area contributed by atoms with Crippen molar-refractivity contribution in [2.75, 3.05) is 13.6 Å². The summed E-state index contributed by atoms with van der Waals surface area (Å²) >= 11 is 0. The number of carboxylic acids is 1. The van der Waals surface area contributed by atoms with Gasteiger partial charge in [-0.25, -0.2) is 4.79 Å². The molecule has 0 aliphatic carbocycles. The molecule has 94 valence electrons. The Balaban J connectivity index is 4.67. The molecule has 0 aromatic carbocycles. The summed E-state index contributed by atoms with van der Waals surface area (Å²) in [7, 11) is 1.70. The van der Waals surface area contributed by atoms with E-state index in [2.05, 4.69) is 0 Å². The van der Waals surface area contributed by atoms with Crippen molar-refractivity contribution in [2.45, 2.75) is 46.2 Å². The summed E-state index contributed by atoms with van der Waals surface area (Å²) in [4.78, 5) is 25.6. The number of hydrogen-bond acceptors (Lipinski definition) is 2. The third kappa shape index (κ3) is 4.08. The predicted molar refractivity (Wildman–Crippen MR) is 62.4 cm³/mol. The molecule has 5 heteroatoms. The molecule has 0 heterocycles. The second kappa shape index (κ2) is 6.35. The molecule has 0 bridgehead atoms. The molecule has 0 aliphatic rings. The van der Waals surface area contributed by atoms with Crippen molar-refractivity contribution in [3.63, 3.8) is 0 Å². The first kappa shape index (κ1) is 14.7. The topological polar surface area (TPSA) is 60.9 Å². The van der Waals surface area contributed by atoms with Gasteiger partial charge in [0, 0.05) is 19.1 Å². The quantitative estimate of drug-likeness (QED) is 0.781. The van der Waals surface area contributed by atoms with Crippen LogP contribution in [0.4, 0.5) is 4.79 Å². The average molecular weight is 230 g/mol. The number of carbonyl (C=O) groups is 2. The van der Waals surface area contributed by atoms with Crippen LogP contribution in [0.5, 0.6) is 0 Å². The zero-order valence-corrected chi connectivity index (χ0v) is 10.7. The number of nitrogens with zero attached hydrogens (tertiary/aromatic N) is 2. The Labute approximate surface area is 97.0 Å². The Bertz CT molecular complexity index is 254. The summed E-state index contributed by atoms with van der Waals surface area (Å²) in [5.74, 6) is -0.986. The molecule has 2 amide bonds. The SMILES string of the molecule is CCC(C)N(C)C(=O)N(CC(=O)O)C(C)C. The standard InChI is InChI=1S/C11H22N2O3/c1-6-9(4)12(5)11(16)13(8(2)3)7-10(14)15/h8-9H,6-7H2,1-5H3,(H,14,15). The van der Waals surface area contributed by atoms with E-state index in [4.69, 9.17) is 5.11 Å². The van der Waals surface area contributed by atoms with Gasteiger partial charge < -0.3 is 14.9 Å². The van der Waals surface area contributed by atoms with Crippen LogP contribution in [-0.2, 0) is 4.79 Å². The fourth-order valence-corrected chi connectivity index (χ4v) is 1.28. The van der Waals surface area contributed by atoms with Crippen LogP contribution in [0, 0.1) is 0 Å². The monoisotopic (exact) mass is 230 g/mol. The Kier molecular flexibility index (Phi) is 5.85. The molecule has 0 aromatic rings. The number of urea groups is 1. The molecule has 0 aromatic heterocycles. The van der Waals surface area contributed by atoms with E-state index in [-0.39, 0.29) is 24.7 Å². The van der Waals surface area contributed by atoms with Crippen molar-refractivity contribution in [3.05, 3.63) is 0 Å². The Morgan fingerprint density at radius 2 is 1.75 bits per heavy atom. The maximum Gasteiger partial charge on any atom is 0.323 e. The Hall–Kier alpha value is -1.26. The van der Waals surface area contributed by atoms with Gasteiger partial charge in [0.15, 0.2) is 0 Å². The molecule has 16 heavy (non-hydrogen) atoms. The van der Waals surface area contributed by atoms with Gasteiger partial charge in [0.05, 0.1) is 0 Å². The van der Waals surface area contributed by atoms with Crippen LogP contribution in [-0.4, -0.2) is 52.6 Å². The second-order valence-corrected chi connectivity index (χ2v) is 4.27. The zero-order chi connectivity index (χ0) is 12.9. The fraction of sp³-hybridized carbons (Fsp3) is 0.818. The van der Waals surface area contributed by atoms with E-state index in [1.165, 1.54) is 4.90 Å². The third-order valence-electron chi connectivity index (χ3n) is 2.73. The van der Waals surface area contributed by atoms with Gasteiger partial charge in [-0.15, -0.1) is 0 Å². The predicted octanol–water partition coefficient (Wildman–Crippen LogP) is 1.63. The number of rotatable bonds is 5. The number of amides is 2. The van der Waals surface area contributed by atoms with Crippen molar-refractivity contribution in [2.24, 2.45) is 0 Å². The maximum absolute atomic E-state index is 12.0. The van der Waals surface area contributed by atoms with E-state index in [0.29, 0.717) is 0 Å². The lowest BCUT2D eigenvalue weighted by molar-refractivity contribution is -0.138. The van der Waals surface area contributed by atoms with Crippen molar-refractivity contribution in [1.29, 1.82) is 0 Å². The van der Waals surface area contributed by atoms with Gasteiger partial charge in [-0.2, -0.15) is 0 Å². The van der Waals surface area contributed by atoms with E-state index < -0.39 is 5.97 Å².